The van der Waals surface area contributed by atoms with Gasteiger partial charge < -0.3 is 10.5 Å². The van der Waals surface area contributed by atoms with Crippen LogP contribution >= 0.6 is 0 Å². The zero-order valence-electron chi connectivity index (χ0n) is 10.6. The molecule has 0 atom stereocenters. The fourth-order valence-corrected chi connectivity index (χ4v) is 4.39. The first-order valence-corrected chi connectivity index (χ1v) is 6.97. The SMILES string of the molecule is O=C(/C=N\O)NCCN1C2CC3CC(C2)CC1C3. The van der Waals surface area contributed by atoms with E-state index < -0.39 is 0 Å². The zero-order valence-corrected chi connectivity index (χ0v) is 10.6. The summed E-state index contributed by atoms with van der Waals surface area (Å²) < 4.78 is 0. The Balaban J connectivity index is 1.50. The van der Waals surface area contributed by atoms with E-state index in [1.165, 1.54) is 32.1 Å². The highest BCUT2D eigenvalue weighted by Gasteiger charge is 2.46. The number of nitrogens with zero attached hydrogens (tertiary/aromatic N) is 2. The lowest BCUT2D eigenvalue weighted by atomic mass is 9.63. The summed E-state index contributed by atoms with van der Waals surface area (Å²) in [7, 11) is 0. The van der Waals surface area contributed by atoms with E-state index >= 15 is 0 Å². The standard InChI is InChI=1S/C13H21N3O2/c17-13(8-15-18)14-1-2-16-11-4-9-3-10(6-11)7-12(16)5-9/h8-12,18H,1-7H2,(H,14,17)/b15-8-. The molecular formula is C13H21N3O2. The molecule has 0 aromatic heterocycles. The predicted molar refractivity (Wildman–Crippen MR) is 67.6 cm³/mol. The summed E-state index contributed by atoms with van der Waals surface area (Å²) in [6.07, 6.45) is 7.81. The van der Waals surface area contributed by atoms with Crippen molar-refractivity contribution >= 4 is 12.1 Å². The monoisotopic (exact) mass is 251 g/mol. The van der Waals surface area contributed by atoms with Gasteiger partial charge >= 0.3 is 0 Å². The first kappa shape index (κ1) is 12.0. The molecule has 1 amide bonds. The van der Waals surface area contributed by atoms with E-state index in [-0.39, 0.29) is 5.91 Å². The van der Waals surface area contributed by atoms with Crippen LogP contribution in [0.1, 0.15) is 32.1 Å². The van der Waals surface area contributed by atoms with Crippen molar-refractivity contribution in [3.63, 3.8) is 0 Å². The Morgan fingerprint density at radius 3 is 2.39 bits per heavy atom. The van der Waals surface area contributed by atoms with Crippen molar-refractivity contribution in [2.24, 2.45) is 17.0 Å². The second kappa shape index (κ2) is 4.88. The van der Waals surface area contributed by atoms with E-state index in [0.29, 0.717) is 6.54 Å². The summed E-state index contributed by atoms with van der Waals surface area (Å²) in [5, 5.41) is 13.7. The molecule has 4 rings (SSSR count). The van der Waals surface area contributed by atoms with Crippen molar-refractivity contribution in [2.45, 2.75) is 44.2 Å². The van der Waals surface area contributed by atoms with E-state index in [1.807, 2.05) is 0 Å². The number of carbonyl (C=O) groups excluding carboxylic acids is 1. The molecule has 100 valence electrons. The van der Waals surface area contributed by atoms with Gasteiger partial charge in [0.2, 0.25) is 0 Å². The van der Waals surface area contributed by atoms with Gasteiger partial charge in [0.1, 0.15) is 6.21 Å². The molecule has 18 heavy (non-hydrogen) atoms. The number of amides is 1. The summed E-state index contributed by atoms with van der Waals surface area (Å²) in [5.41, 5.74) is 0. The van der Waals surface area contributed by atoms with Crippen LogP contribution in [0.5, 0.6) is 0 Å². The maximum Gasteiger partial charge on any atom is 0.265 e. The number of oxime groups is 1. The molecule has 0 unspecified atom stereocenters. The maximum atomic E-state index is 11.2. The second-order valence-corrected chi connectivity index (χ2v) is 5.99. The van der Waals surface area contributed by atoms with Gasteiger partial charge in [0.25, 0.3) is 5.91 Å². The van der Waals surface area contributed by atoms with Crippen molar-refractivity contribution in [1.29, 1.82) is 0 Å². The predicted octanol–water partition coefficient (Wildman–Crippen LogP) is 0.825. The molecule has 5 nitrogen and oxygen atoms in total. The average molecular weight is 251 g/mol. The van der Waals surface area contributed by atoms with E-state index in [4.69, 9.17) is 5.21 Å². The molecular weight excluding hydrogens is 230 g/mol. The Labute approximate surface area is 107 Å². The van der Waals surface area contributed by atoms with Crippen molar-refractivity contribution in [3.05, 3.63) is 0 Å². The van der Waals surface area contributed by atoms with Crippen LogP contribution in [0.25, 0.3) is 0 Å². The van der Waals surface area contributed by atoms with Gasteiger partial charge in [0.15, 0.2) is 0 Å². The Bertz CT molecular complexity index is 328. The van der Waals surface area contributed by atoms with Crippen molar-refractivity contribution in [2.75, 3.05) is 13.1 Å². The van der Waals surface area contributed by atoms with Crippen LogP contribution in [0, 0.1) is 11.8 Å². The quantitative estimate of drug-likeness (QED) is 0.442. The third-order valence-corrected chi connectivity index (χ3v) is 4.87. The highest BCUT2D eigenvalue weighted by molar-refractivity contribution is 6.25. The Morgan fingerprint density at radius 2 is 1.83 bits per heavy atom. The van der Waals surface area contributed by atoms with Crippen LogP contribution in [0.3, 0.4) is 0 Å². The molecule has 0 radical (unpaired) electrons. The Kier molecular flexibility index (Phi) is 3.24. The van der Waals surface area contributed by atoms with Gasteiger partial charge in [0, 0.05) is 25.2 Å². The molecule has 5 heteroatoms. The smallest absolute Gasteiger partial charge is 0.265 e. The normalized spacial score (nSPS) is 38.4. The molecule has 2 N–H and O–H groups in total. The minimum absolute atomic E-state index is 0.317. The number of hydrogen-bond donors (Lipinski definition) is 2. The summed E-state index contributed by atoms with van der Waals surface area (Å²) in [4.78, 5) is 13.8. The molecule has 0 aromatic rings. The first-order chi connectivity index (χ1) is 8.76. The summed E-state index contributed by atoms with van der Waals surface area (Å²) in [6.45, 7) is 1.58. The summed E-state index contributed by atoms with van der Waals surface area (Å²) in [6, 6.07) is 1.51. The average Bonchev–Trinajstić information content (AvgIpc) is 2.32. The number of rotatable bonds is 4. The van der Waals surface area contributed by atoms with Crippen LogP contribution in [-0.4, -0.2) is 47.4 Å². The highest BCUT2D eigenvalue weighted by atomic mass is 16.4. The number of hydrogen-bond acceptors (Lipinski definition) is 4. The molecule has 0 spiro atoms. The largest absolute Gasteiger partial charge is 0.411 e. The lowest BCUT2D eigenvalue weighted by Crippen LogP contribution is -2.59. The van der Waals surface area contributed by atoms with E-state index in [1.54, 1.807) is 0 Å². The highest BCUT2D eigenvalue weighted by Crippen LogP contribution is 2.48. The Hall–Kier alpha value is -1.10. The first-order valence-electron chi connectivity index (χ1n) is 6.97. The third-order valence-electron chi connectivity index (χ3n) is 4.87. The molecule has 4 aliphatic rings. The van der Waals surface area contributed by atoms with Crippen LogP contribution in [0.2, 0.25) is 0 Å². The summed E-state index contributed by atoms with van der Waals surface area (Å²) in [5.74, 6) is 1.63. The number of carbonyl (C=O) groups is 1. The minimum Gasteiger partial charge on any atom is -0.411 e. The number of nitrogens with one attached hydrogen (secondary N) is 1. The molecule has 4 bridgehead atoms. The van der Waals surface area contributed by atoms with Crippen LogP contribution in [0.15, 0.2) is 5.16 Å². The van der Waals surface area contributed by atoms with E-state index in [9.17, 15) is 4.79 Å². The van der Waals surface area contributed by atoms with Gasteiger partial charge in [-0.3, -0.25) is 9.69 Å². The summed E-state index contributed by atoms with van der Waals surface area (Å²) >= 11 is 0. The molecule has 0 aromatic carbocycles. The van der Waals surface area contributed by atoms with Crippen LogP contribution < -0.4 is 5.32 Å². The van der Waals surface area contributed by atoms with Gasteiger partial charge in [-0.25, -0.2) is 0 Å². The molecule has 2 heterocycles. The van der Waals surface area contributed by atoms with Crippen molar-refractivity contribution in [1.82, 2.24) is 10.2 Å². The lowest BCUT2D eigenvalue weighted by Gasteiger charge is -2.56. The fraction of sp³-hybridized carbons (Fsp3) is 0.846. The zero-order chi connectivity index (χ0) is 12.5. The van der Waals surface area contributed by atoms with Gasteiger partial charge in [-0.1, -0.05) is 5.16 Å². The number of piperidine rings is 2. The molecule has 4 fully saturated rings. The second-order valence-electron chi connectivity index (χ2n) is 5.99. The Morgan fingerprint density at radius 1 is 1.22 bits per heavy atom. The van der Waals surface area contributed by atoms with Gasteiger partial charge in [-0.2, -0.15) is 0 Å². The maximum absolute atomic E-state index is 11.2. The molecule has 2 aliphatic carbocycles. The van der Waals surface area contributed by atoms with Gasteiger partial charge in [0.05, 0.1) is 0 Å². The van der Waals surface area contributed by atoms with Crippen molar-refractivity contribution < 1.29 is 10.0 Å². The van der Waals surface area contributed by atoms with Crippen LogP contribution in [0.4, 0.5) is 0 Å². The van der Waals surface area contributed by atoms with Gasteiger partial charge in [-0.15, -0.1) is 0 Å². The minimum atomic E-state index is -0.317. The lowest BCUT2D eigenvalue weighted by molar-refractivity contribution is -0.115. The van der Waals surface area contributed by atoms with E-state index in [2.05, 4.69) is 15.4 Å². The molecule has 2 aliphatic heterocycles. The van der Waals surface area contributed by atoms with Crippen molar-refractivity contribution in [3.8, 4) is 0 Å². The van der Waals surface area contributed by atoms with Gasteiger partial charge in [-0.05, 0) is 43.9 Å². The molecule has 2 saturated carbocycles. The van der Waals surface area contributed by atoms with Crippen LogP contribution in [-0.2, 0) is 4.79 Å². The van der Waals surface area contributed by atoms with E-state index in [0.717, 1.165) is 36.7 Å². The molecule has 2 saturated heterocycles. The third kappa shape index (κ3) is 2.23. The topological polar surface area (TPSA) is 64.9 Å². The fourth-order valence-electron chi connectivity index (χ4n) is 4.39.